The third-order valence-corrected chi connectivity index (χ3v) is 2.16. The van der Waals surface area contributed by atoms with Crippen molar-refractivity contribution in [2.45, 2.75) is 6.92 Å². The first-order chi connectivity index (χ1) is 8.06. The van der Waals surface area contributed by atoms with Gasteiger partial charge in [-0.05, 0) is 18.6 Å². The lowest BCUT2D eigenvalue weighted by atomic mass is 10.2. The van der Waals surface area contributed by atoms with Crippen molar-refractivity contribution in [2.75, 3.05) is 11.1 Å². The molecular formula is C11H10F2N4. The maximum atomic E-state index is 13.5. The normalized spacial score (nSPS) is 10.3. The molecule has 0 bridgehead atoms. The van der Waals surface area contributed by atoms with Crippen LogP contribution in [0.3, 0.4) is 0 Å². The summed E-state index contributed by atoms with van der Waals surface area (Å²) in [6.07, 6.45) is 2.73. The molecule has 0 spiro atoms. The number of nitrogen functional groups attached to an aromatic ring is 1. The van der Waals surface area contributed by atoms with E-state index in [0.717, 1.165) is 12.1 Å². The van der Waals surface area contributed by atoms with Gasteiger partial charge in [0, 0.05) is 6.07 Å². The Morgan fingerprint density at radius 1 is 1.18 bits per heavy atom. The number of nitrogens with zero attached hydrogens (tertiary/aromatic N) is 2. The maximum Gasteiger partial charge on any atom is 0.151 e. The monoisotopic (exact) mass is 236 g/mol. The van der Waals surface area contributed by atoms with Gasteiger partial charge in [-0.3, -0.25) is 4.98 Å². The number of aryl methyl sites for hydroxylation is 1. The standard InChI is InChI=1S/C11H10F2N4/c1-6-2-8(13)9(3-7(6)12)16-11-5-15-4-10(14)17-11/h2-5H,1H3,(H3,14,16,17). The van der Waals surface area contributed by atoms with Crippen molar-refractivity contribution in [1.29, 1.82) is 0 Å². The van der Waals surface area contributed by atoms with Crippen LogP contribution in [-0.4, -0.2) is 9.97 Å². The van der Waals surface area contributed by atoms with Crippen LogP contribution in [0.4, 0.5) is 26.1 Å². The molecule has 2 aromatic rings. The van der Waals surface area contributed by atoms with Crippen LogP contribution in [0.2, 0.25) is 0 Å². The number of nitrogens with two attached hydrogens (primary N) is 1. The quantitative estimate of drug-likeness (QED) is 0.840. The number of nitrogens with one attached hydrogen (secondary N) is 1. The number of halogens is 2. The van der Waals surface area contributed by atoms with E-state index in [4.69, 9.17) is 5.73 Å². The van der Waals surface area contributed by atoms with Gasteiger partial charge in [0.25, 0.3) is 0 Å². The van der Waals surface area contributed by atoms with Crippen LogP contribution in [0, 0.1) is 18.6 Å². The van der Waals surface area contributed by atoms with E-state index in [1.165, 1.54) is 19.3 Å². The lowest BCUT2D eigenvalue weighted by molar-refractivity contribution is 0.595. The van der Waals surface area contributed by atoms with E-state index < -0.39 is 11.6 Å². The molecule has 0 atom stereocenters. The van der Waals surface area contributed by atoms with Crippen LogP contribution < -0.4 is 11.1 Å². The van der Waals surface area contributed by atoms with Crippen molar-refractivity contribution in [3.8, 4) is 0 Å². The molecule has 0 amide bonds. The van der Waals surface area contributed by atoms with E-state index in [1.807, 2.05) is 0 Å². The van der Waals surface area contributed by atoms with E-state index in [1.54, 1.807) is 0 Å². The maximum absolute atomic E-state index is 13.5. The molecule has 17 heavy (non-hydrogen) atoms. The molecule has 3 N–H and O–H groups in total. The minimum Gasteiger partial charge on any atom is -0.382 e. The molecule has 0 saturated heterocycles. The number of rotatable bonds is 2. The number of hydrogen-bond donors (Lipinski definition) is 2. The van der Waals surface area contributed by atoms with E-state index >= 15 is 0 Å². The zero-order chi connectivity index (χ0) is 12.4. The van der Waals surface area contributed by atoms with E-state index in [2.05, 4.69) is 15.3 Å². The number of benzene rings is 1. The Bertz CT molecular complexity index is 557. The molecule has 1 heterocycles. The van der Waals surface area contributed by atoms with Crippen molar-refractivity contribution < 1.29 is 8.78 Å². The molecule has 0 aliphatic rings. The van der Waals surface area contributed by atoms with Crippen LogP contribution in [0.5, 0.6) is 0 Å². The van der Waals surface area contributed by atoms with Gasteiger partial charge in [-0.2, -0.15) is 0 Å². The highest BCUT2D eigenvalue weighted by atomic mass is 19.1. The first-order valence-corrected chi connectivity index (χ1v) is 4.86. The molecule has 4 nitrogen and oxygen atoms in total. The third kappa shape index (κ3) is 2.47. The van der Waals surface area contributed by atoms with Gasteiger partial charge in [0.2, 0.25) is 0 Å². The number of aromatic nitrogens is 2. The third-order valence-electron chi connectivity index (χ3n) is 2.16. The second kappa shape index (κ2) is 4.32. The predicted molar refractivity (Wildman–Crippen MR) is 60.8 cm³/mol. The van der Waals surface area contributed by atoms with Gasteiger partial charge >= 0.3 is 0 Å². The summed E-state index contributed by atoms with van der Waals surface area (Å²) in [4.78, 5) is 7.66. The fourth-order valence-corrected chi connectivity index (χ4v) is 1.32. The summed E-state index contributed by atoms with van der Waals surface area (Å²) in [6.45, 7) is 1.49. The van der Waals surface area contributed by atoms with Gasteiger partial charge < -0.3 is 11.1 Å². The van der Waals surface area contributed by atoms with E-state index in [9.17, 15) is 8.78 Å². The average Bonchev–Trinajstić information content (AvgIpc) is 2.26. The summed E-state index contributed by atoms with van der Waals surface area (Å²) in [5, 5.41) is 2.61. The number of anilines is 3. The summed E-state index contributed by atoms with van der Waals surface area (Å²) in [6, 6.07) is 2.17. The van der Waals surface area contributed by atoms with Crippen LogP contribution in [-0.2, 0) is 0 Å². The van der Waals surface area contributed by atoms with Gasteiger partial charge in [-0.25, -0.2) is 13.8 Å². The van der Waals surface area contributed by atoms with Gasteiger partial charge in [0.1, 0.15) is 17.5 Å². The Morgan fingerprint density at radius 2 is 1.94 bits per heavy atom. The Kier molecular flexibility index (Phi) is 2.86. The van der Waals surface area contributed by atoms with Crippen molar-refractivity contribution >= 4 is 17.3 Å². The van der Waals surface area contributed by atoms with Crippen molar-refractivity contribution in [1.82, 2.24) is 9.97 Å². The van der Waals surface area contributed by atoms with E-state index in [-0.39, 0.29) is 22.9 Å². The van der Waals surface area contributed by atoms with Gasteiger partial charge in [0.05, 0.1) is 18.1 Å². The summed E-state index contributed by atoms with van der Waals surface area (Å²) in [5.41, 5.74) is 5.66. The highest BCUT2D eigenvalue weighted by Gasteiger charge is 2.08. The molecule has 0 fully saturated rings. The molecule has 6 heteroatoms. The molecule has 1 aromatic carbocycles. The Hall–Kier alpha value is -2.24. The van der Waals surface area contributed by atoms with E-state index in [0.29, 0.717) is 0 Å². The first kappa shape index (κ1) is 11.3. The number of hydrogen-bond acceptors (Lipinski definition) is 4. The van der Waals surface area contributed by atoms with Crippen LogP contribution in [0.15, 0.2) is 24.5 Å². The fraction of sp³-hybridized carbons (Fsp3) is 0.0909. The lowest BCUT2D eigenvalue weighted by Crippen LogP contribution is -2.01. The molecule has 1 aromatic heterocycles. The zero-order valence-electron chi connectivity index (χ0n) is 9.04. The lowest BCUT2D eigenvalue weighted by Gasteiger charge is -2.08. The second-order valence-electron chi connectivity index (χ2n) is 3.54. The smallest absolute Gasteiger partial charge is 0.151 e. The predicted octanol–water partition coefficient (Wildman–Crippen LogP) is 2.39. The topological polar surface area (TPSA) is 63.8 Å². The molecule has 88 valence electrons. The Balaban J connectivity index is 2.33. The van der Waals surface area contributed by atoms with Crippen molar-refractivity contribution in [3.63, 3.8) is 0 Å². The molecule has 0 aliphatic carbocycles. The summed E-state index contributed by atoms with van der Waals surface area (Å²) in [7, 11) is 0. The van der Waals surface area contributed by atoms with Crippen LogP contribution in [0.1, 0.15) is 5.56 Å². The Labute approximate surface area is 96.5 Å². The molecule has 0 aliphatic heterocycles. The van der Waals surface area contributed by atoms with Crippen molar-refractivity contribution in [2.24, 2.45) is 0 Å². The SMILES string of the molecule is Cc1cc(F)c(Nc2cncc(N)n2)cc1F. The molecule has 2 rings (SSSR count). The first-order valence-electron chi connectivity index (χ1n) is 4.86. The van der Waals surface area contributed by atoms with Gasteiger partial charge in [0.15, 0.2) is 5.82 Å². The Morgan fingerprint density at radius 3 is 2.65 bits per heavy atom. The van der Waals surface area contributed by atoms with Crippen LogP contribution in [0.25, 0.3) is 0 Å². The zero-order valence-corrected chi connectivity index (χ0v) is 9.04. The highest BCUT2D eigenvalue weighted by Crippen LogP contribution is 2.21. The minimum absolute atomic E-state index is 0.00648. The summed E-state index contributed by atoms with van der Waals surface area (Å²) >= 11 is 0. The van der Waals surface area contributed by atoms with Crippen LogP contribution >= 0.6 is 0 Å². The molecular weight excluding hydrogens is 226 g/mol. The second-order valence-corrected chi connectivity index (χ2v) is 3.54. The average molecular weight is 236 g/mol. The molecule has 0 unspecified atom stereocenters. The molecule has 0 radical (unpaired) electrons. The summed E-state index contributed by atoms with van der Waals surface area (Å²) in [5.74, 6) is -0.603. The van der Waals surface area contributed by atoms with Crippen molar-refractivity contribution in [3.05, 3.63) is 41.7 Å². The minimum atomic E-state index is -0.562. The van der Waals surface area contributed by atoms with Gasteiger partial charge in [-0.1, -0.05) is 0 Å². The largest absolute Gasteiger partial charge is 0.382 e. The summed E-state index contributed by atoms with van der Waals surface area (Å²) < 4.78 is 26.8. The fourth-order valence-electron chi connectivity index (χ4n) is 1.32. The molecule has 0 saturated carbocycles. The van der Waals surface area contributed by atoms with Gasteiger partial charge in [-0.15, -0.1) is 0 Å². The highest BCUT2D eigenvalue weighted by molar-refractivity contribution is 5.57.